The number of hydrogen-bond acceptors (Lipinski definition) is 4. The van der Waals surface area contributed by atoms with Gasteiger partial charge in [0.2, 0.25) is 5.95 Å². The third-order valence-corrected chi connectivity index (χ3v) is 4.74. The summed E-state index contributed by atoms with van der Waals surface area (Å²) in [4.78, 5) is 21.8. The van der Waals surface area contributed by atoms with Crippen LogP contribution >= 0.6 is 0 Å². The van der Waals surface area contributed by atoms with E-state index in [1.807, 2.05) is 55.5 Å². The molecule has 27 heavy (non-hydrogen) atoms. The summed E-state index contributed by atoms with van der Waals surface area (Å²) >= 11 is 0. The number of nitrogens with zero attached hydrogens (tertiary/aromatic N) is 2. The third kappa shape index (κ3) is 3.95. The first kappa shape index (κ1) is 17.2. The maximum atomic E-state index is 12.7. The topological polar surface area (TPSA) is 54.9 Å². The van der Waals surface area contributed by atoms with Gasteiger partial charge in [-0.1, -0.05) is 60.7 Å². The fraction of sp³-hybridized carbons (Fsp3) is 0.174. The van der Waals surface area contributed by atoms with Crippen LogP contribution in [-0.2, 0) is 6.42 Å². The van der Waals surface area contributed by atoms with Crippen molar-refractivity contribution in [1.82, 2.24) is 9.97 Å². The standard InChI is InChI=1S/C23H21N3O/c1-16-22-20(26-23(24-16)25-19-10-6-3-7-11-19)14-18(15-21(22)27)13-12-17-8-4-2-5-9-17/h2-13,18H,14-15H2,1H3,(H,24,25,26)/b13-12+/t18-/m0/s1. The first-order chi connectivity index (χ1) is 13.2. The van der Waals surface area contributed by atoms with Crippen molar-refractivity contribution in [2.24, 2.45) is 5.92 Å². The lowest BCUT2D eigenvalue weighted by Gasteiger charge is -2.22. The Morgan fingerprint density at radius 1 is 0.963 bits per heavy atom. The summed E-state index contributed by atoms with van der Waals surface area (Å²) in [7, 11) is 0. The summed E-state index contributed by atoms with van der Waals surface area (Å²) in [5, 5.41) is 3.23. The molecule has 4 nitrogen and oxygen atoms in total. The fourth-order valence-corrected chi connectivity index (χ4v) is 3.46. The fourth-order valence-electron chi connectivity index (χ4n) is 3.46. The van der Waals surface area contributed by atoms with Crippen LogP contribution in [0.25, 0.3) is 6.08 Å². The quantitative estimate of drug-likeness (QED) is 0.716. The maximum Gasteiger partial charge on any atom is 0.227 e. The number of hydrogen-bond donors (Lipinski definition) is 1. The number of carbonyl (C=O) groups is 1. The molecule has 0 saturated heterocycles. The molecule has 0 aliphatic heterocycles. The molecule has 0 bridgehead atoms. The van der Waals surface area contributed by atoms with Crippen LogP contribution in [0.5, 0.6) is 0 Å². The van der Waals surface area contributed by atoms with E-state index in [0.717, 1.165) is 29.1 Å². The zero-order chi connectivity index (χ0) is 18.6. The number of ketones is 1. The highest BCUT2D eigenvalue weighted by Gasteiger charge is 2.27. The SMILES string of the molecule is Cc1nc(Nc2ccccc2)nc2c1C(=O)C[C@@H](/C=C/c1ccccc1)C2. The van der Waals surface area contributed by atoms with Gasteiger partial charge in [-0.2, -0.15) is 0 Å². The average Bonchev–Trinajstić information content (AvgIpc) is 2.67. The number of benzene rings is 2. The van der Waals surface area contributed by atoms with Crippen LogP contribution in [0.15, 0.2) is 66.7 Å². The molecule has 0 saturated carbocycles. The Morgan fingerprint density at radius 2 is 1.67 bits per heavy atom. The van der Waals surface area contributed by atoms with E-state index >= 15 is 0 Å². The van der Waals surface area contributed by atoms with Gasteiger partial charge in [0.1, 0.15) is 0 Å². The molecule has 1 aliphatic carbocycles. The third-order valence-electron chi connectivity index (χ3n) is 4.74. The van der Waals surface area contributed by atoms with Gasteiger partial charge in [0.15, 0.2) is 5.78 Å². The van der Waals surface area contributed by atoms with Crippen molar-refractivity contribution in [2.45, 2.75) is 19.8 Å². The summed E-state index contributed by atoms with van der Waals surface area (Å²) in [6.45, 7) is 1.88. The molecule has 1 aliphatic rings. The minimum Gasteiger partial charge on any atom is -0.324 e. The van der Waals surface area contributed by atoms with E-state index in [0.29, 0.717) is 17.9 Å². The number of anilines is 2. The molecule has 2 aromatic carbocycles. The van der Waals surface area contributed by atoms with Crippen molar-refractivity contribution in [3.63, 3.8) is 0 Å². The Labute approximate surface area is 159 Å². The smallest absolute Gasteiger partial charge is 0.227 e. The van der Waals surface area contributed by atoms with E-state index in [1.54, 1.807) is 0 Å². The molecule has 0 fully saturated rings. The minimum atomic E-state index is 0.128. The van der Waals surface area contributed by atoms with E-state index in [1.165, 1.54) is 0 Å². The lowest BCUT2D eigenvalue weighted by Crippen LogP contribution is -2.22. The Hall–Kier alpha value is -3.27. The largest absolute Gasteiger partial charge is 0.324 e. The number of Topliss-reactive ketones (excluding diaryl/α,β-unsaturated/α-hetero) is 1. The number of aromatic nitrogens is 2. The normalized spacial score (nSPS) is 16.3. The number of allylic oxidation sites excluding steroid dienone is 1. The highest BCUT2D eigenvalue weighted by atomic mass is 16.1. The molecule has 1 aromatic heterocycles. The number of fused-ring (bicyclic) bond motifs is 1. The first-order valence-corrected chi connectivity index (χ1v) is 9.15. The number of para-hydroxylation sites is 1. The highest BCUT2D eigenvalue weighted by molar-refractivity contribution is 5.99. The predicted octanol–water partition coefficient (Wildman–Crippen LogP) is 4.99. The second-order valence-electron chi connectivity index (χ2n) is 6.81. The number of aryl methyl sites for hydroxylation is 1. The van der Waals surface area contributed by atoms with Crippen molar-refractivity contribution in [2.75, 3.05) is 5.32 Å². The van der Waals surface area contributed by atoms with Gasteiger partial charge in [-0.25, -0.2) is 9.97 Å². The number of rotatable bonds is 4. The van der Waals surface area contributed by atoms with Gasteiger partial charge >= 0.3 is 0 Å². The summed E-state index contributed by atoms with van der Waals surface area (Å²) < 4.78 is 0. The molecule has 3 aromatic rings. The summed E-state index contributed by atoms with van der Waals surface area (Å²) in [5.74, 6) is 0.824. The van der Waals surface area contributed by atoms with Gasteiger partial charge in [0.25, 0.3) is 0 Å². The Bertz CT molecular complexity index is 981. The second-order valence-corrected chi connectivity index (χ2v) is 6.81. The average molecular weight is 355 g/mol. The Balaban J connectivity index is 1.58. The van der Waals surface area contributed by atoms with Crippen molar-refractivity contribution >= 4 is 23.5 Å². The van der Waals surface area contributed by atoms with Gasteiger partial charge in [-0.3, -0.25) is 4.79 Å². The van der Waals surface area contributed by atoms with Crippen LogP contribution in [0.1, 0.15) is 33.7 Å². The van der Waals surface area contributed by atoms with Gasteiger partial charge < -0.3 is 5.32 Å². The molecule has 1 N–H and O–H groups in total. The number of carbonyl (C=O) groups excluding carboxylic acids is 1. The maximum absolute atomic E-state index is 12.7. The van der Waals surface area contributed by atoms with Crippen molar-refractivity contribution in [1.29, 1.82) is 0 Å². The van der Waals surface area contributed by atoms with Crippen LogP contribution in [0, 0.1) is 12.8 Å². The molecule has 0 amide bonds. The molecule has 134 valence electrons. The van der Waals surface area contributed by atoms with Crippen LogP contribution in [0.4, 0.5) is 11.6 Å². The zero-order valence-electron chi connectivity index (χ0n) is 15.2. The van der Waals surface area contributed by atoms with Crippen LogP contribution < -0.4 is 5.32 Å². The Kier molecular flexibility index (Phi) is 4.79. The van der Waals surface area contributed by atoms with Gasteiger partial charge in [0, 0.05) is 12.1 Å². The van der Waals surface area contributed by atoms with Crippen molar-refractivity contribution in [3.8, 4) is 0 Å². The Morgan fingerprint density at radius 3 is 2.41 bits per heavy atom. The van der Waals surface area contributed by atoms with Crippen molar-refractivity contribution < 1.29 is 4.79 Å². The summed E-state index contributed by atoms with van der Waals surface area (Å²) in [6, 6.07) is 20.0. The molecule has 0 radical (unpaired) electrons. The van der Waals surface area contributed by atoms with Gasteiger partial charge in [-0.15, -0.1) is 0 Å². The predicted molar refractivity (Wildman–Crippen MR) is 108 cm³/mol. The first-order valence-electron chi connectivity index (χ1n) is 9.15. The summed E-state index contributed by atoms with van der Waals surface area (Å²) in [5.41, 5.74) is 4.34. The molecule has 4 rings (SSSR count). The van der Waals surface area contributed by atoms with E-state index in [9.17, 15) is 4.79 Å². The lowest BCUT2D eigenvalue weighted by atomic mass is 9.85. The molecule has 4 heteroatoms. The molecular weight excluding hydrogens is 334 g/mol. The second kappa shape index (κ2) is 7.54. The van der Waals surface area contributed by atoms with Gasteiger partial charge in [-0.05, 0) is 37.0 Å². The monoisotopic (exact) mass is 355 g/mol. The molecule has 0 unspecified atom stereocenters. The minimum absolute atomic E-state index is 0.128. The lowest BCUT2D eigenvalue weighted by molar-refractivity contribution is 0.0957. The van der Waals surface area contributed by atoms with Crippen LogP contribution in [-0.4, -0.2) is 15.8 Å². The molecule has 1 heterocycles. The van der Waals surface area contributed by atoms with Crippen LogP contribution in [0.2, 0.25) is 0 Å². The van der Waals surface area contributed by atoms with E-state index in [4.69, 9.17) is 0 Å². The van der Waals surface area contributed by atoms with E-state index in [2.05, 4.69) is 39.6 Å². The van der Waals surface area contributed by atoms with E-state index in [-0.39, 0.29) is 11.7 Å². The molecule has 0 spiro atoms. The van der Waals surface area contributed by atoms with E-state index < -0.39 is 0 Å². The van der Waals surface area contributed by atoms with Crippen molar-refractivity contribution in [3.05, 3.63) is 89.3 Å². The van der Waals surface area contributed by atoms with Crippen LogP contribution in [0.3, 0.4) is 0 Å². The molecule has 1 atom stereocenters. The molecular formula is C23H21N3O. The zero-order valence-corrected chi connectivity index (χ0v) is 15.2. The number of nitrogens with one attached hydrogen (secondary N) is 1. The van der Waals surface area contributed by atoms with Gasteiger partial charge in [0.05, 0.1) is 17.0 Å². The summed E-state index contributed by atoms with van der Waals surface area (Å²) in [6.07, 6.45) is 5.46. The highest BCUT2D eigenvalue weighted by Crippen LogP contribution is 2.28.